The summed E-state index contributed by atoms with van der Waals surface area (Å²) < 4.78 is 11.4. The van der Waals surface area contributed by atoms with Crippen LogP contribution in [0.3, 0.4) is 0 Å². The molecule has 1 heterocycles. The van der Waals surface area contributed by atoms with Gasteiger partial charge in [0.2, 0.25) is 0 Å². The molecule has 0 atom stereocenters. The van der Waals surface area contributed by atoms with Gasteiger partial charge in [0.1, 0.15) is 5.75 Å². The number of piperidine rings is 1. The van der Waals surface area contributed by atoms with Gasteiger partial charge < -0.3 is 20.1 Å². The van der Waals surface area contributed by atoms with Crippen molar-refractivity contribution in [2.75, 3.05) is 32.8 Å². The van der Waals surface area contributed by atoms with Crippen LogP contribution in [0.5, 0.6) is 5.75 Å². The number of benzene rings is 1. The molecular weight excluding hydrogens is 304 g/mol. The number of likely N-dealkylation sites (tertiary alicyclic amines) is 1. The van der Waals surface area contributed by atoms with E-state index in [-0.39, 0.29) is 18.6 Å². The van der Waals surface area contributed by atoms with Gasteiger partial charge in [0.05, 0.1) is 6.10 Å². The summed E-state index contributed by atoms with van der Waals surface area (Å²) in [4.78, 5) is 14.2. The van der Waals surface area contributed by atoms with E-state index >= 15 is 0 Å². The second-order valence-corrected chi connectivity index (χ2v) is 6.61. The molecule has 0 aliphatic carbocycles. The summed E-state index contributed by atoms with van der Waals surface area (Å²) in [5.74, 6) is 1.25. The Balaban J connectivity index is 1.73. The Morgan fingerprint density at radius 2 is 2.08 bits per heavy atom. The van der Waals surface area contributed by atoms with Gasteiger partial charge in [0.25, 0.3) is 5.91 Å². The van der Waals surface area contributed by atoms with Crippen molar-refractivity contribution < 1.29 is 14.3 Å². The Kier molecular flexibility index (Phi) is 7.53. The summed E-state index contributed by atoms with van der Waals surface area (Å²) in [6.07, 6.45) is 2.92. The summed E-state index contributed by atoms with van der Waals surface area (Å²) in [5.41, 5.74) is 6.68. The summed E-state index contributed by atoms with van der Waals surface area (Å²) >= 11 is 0. The maximum absolute atomic E-state index is 12.3. The molecule has 5 heteroatoms. The zero-order valence-corrected chi connectivity index (χ0v) is 14.9. The summed E-state index contributed by atoms with van der Waals surface area (Å²) in [5, 5.41) is 0. The first kappa shape index (κ1) is 18.7. The normalized spacial score (nSPS) is 15.8. The number of carbonyl (C=O) groups is 1. The smallest absolute Gasteiger partial charge is 0.260 e. The maximum atomic E-state index is 12.3. The van der Waals surface area contributed by atoms with Crippen molar-refractivity contribution in [3.8, 4) is 5.75 Å². The Morgan fingerprint density at radius 3 is 2.75 bits per heavy atom. The third kappa shape index (κ3) is 5.80. The molecule has 0 bridgehead atoms. The van der Waals surface area contributed by atoms with Crippen molar-refractivity contribution in [2.24, 2.45) is 5.73 Å². The van der Waals surface area contributed by atoms with E-state index in [4.69, 9.17) is 15.2 Å². The molecule has 1 aromatic rings. The second-order valence-electron chi connectivity index (χ2n) is 6.61. The molecule has 0 saturated carbocycles. The van der Waals surface area contributed by atoms with Crippen molar-refractivity contribution in [2.45, 2.75) is 45.1 Å². The first-order valence-corrected chi connectivity index (χ1v) is 8.92. The highest BCUT2D eigenvalue weighted by Crippen LogP contribution is 2.20. The molecule has 2 rings (SSSR count). The second kappa shape index (κ2) is 9.64. The van der Waals surface area contributed by atoms with Crippen LogP contribution in [-0.2, 0) is 9.53 Å². The Hall–Kier alpha value is -1.59. The van der Waals surface area contributed by atoms with Crippen LogP contribution in [0.1, 0.15) is 44.6 Å². The Morgan fingerprint density at radius 1 is 1.33 bits per heavy atom. The minimum atomic E-state index is 0.0466. The molecule has 0 unspecified atom stereocenters. The molecule has 0 aromatic heterocycles. The fraction of sp³-hybridized carbons (Fsp3) is 0.632. The van der Waals surface area contributed by atoms with Crippen LogP contribution in [0, 0.1) is 0 Å². The Labute approximate surface area is 145 Å². The summed E-state index contributed by atoms with van der Waals surface area (Å²) in [6.45, 7) is 7.23. The highest BCUT2D eigenvalue weighted by Gasteiger charge is 2.23. The van der Waals surface area contributed by atoms with E-state index in [2.05, 4.69) is 19.9 Å². The number of nitrogens with zero attached hydrogens (tertiary/aromatic N) is 1. The van der Waals surface area contributed by atoms with Gasteiger partial charge in [-0.3, -0.25) is 4.79 Å². The zero-order valence-electron chi connectivity index (χ0n) is 14.9. The molecule has 5 nitrogen and oxygen atoms in total. The molecule has 24 heavy (non-hydrogen) atoms. The zero-order chi connectivity index (χ0) is 17.4. The van der Waals surface area contributed by atoms with E-state index in [1.54, 1.807) is 0 Å². The van der Waals surface area contributed by atoms with Gasteiger partial charge in [-0.2, -0.15) is 0 Å². The first-order valence-electron chi connectivity index (χ1n) is 8.92. The van der Waals surface area contributed by atoms with E-state index < -0.39 is 0 Å². The average Bonchev–Trinajstić information content (AvgIpc) is 2.60. The summed E-state index contributed by atoms with van der Waals surface area (Å²) in [6, 6.07) is 7.96. The van der Waals surface area contributed by atoms with Gasteiger partial charge in [0.15, 0.2) is 6.61 Å². The van der Waals surface area contributed by atoms with Gasteiger partial charge in [-0.05, 0) is 49.4 Å². The average molecular weight is 334 g/mol. The third-order valence-electron chi connectivity index (χ3n) is 4.38. The molecule has 1 saturated heterocycles. The lowest BCUT2D eigenvalue weighted by atomic mass is 10.0. The largest absolute Gasteiger partial charge is 0.484 e. The van der Waals surface area contributed by atoms with Gasteiger partial charge in [-0.25, -0.2) is 0 Å². The lowest BCUT2D eigenvalue weighted by Crippen LogP contribution is -2.43. The molecule has 1 aromatic carbocycles. The molecule has 1 fully saturated rings. The summed E-state index contributed by atoms with van der Waals surface area (Å²) in [7, 11) is 0. The molecule has 1 aliphatic heterocycles. The number of rotatable bonds is 8. The lowest BCUT2D eigenvalue weighted by Gasteiger charge is -2.32. The highest BCUT2D eigenvalue weighted by atomic mass is 16.5. The van der Waals surface area contributed by atoms with Crippen molar-refractivity contribution >= 4 is 5.91 Å². The van der Waals surface area contributed by atoms with Crippen molar-refractivity contribution in [3.63, 3.8) is 0 Å². The first-order chi connectivity index (χ1) is 11.6. The number of hydrogen-bond acceptors (Lipinski definition) is 4. The number of hydrogen-bond donors (Lipinski definition) is 1. The van der Waals surface area contributed by atoms with Crippen LogP contribution >= 0.6 is 0 Å². The van der Waals surface area contributed by atoms with Gasteiger partial charge >= 0.3 is 0 Å². The van der Waals surface area contributed by atoms with E-state index in [1.165, 1.54) is 5.56 Å². The number of carbonyl (C=O) groups excluding carboxylic acids is 1. The quantitative estimate of drug-likeness (QED) is 0.742. The lowest BCUT2D eigenvalue weighted by molar-refractivity contribution is -0.136. The van der Waals surface area contributed by atoms with E-state index in [9.17, 15) is 4.79 Å². The highest BCUT2D eigenvalue weighted by molar-refractivity contribution is 5.77. The Bertz CT molecular complexity index is 511. The standard InChI is InChI=1S/C19H30N2O3/c1-15(2)16-5-3-6-18(13-16)24-14-19(22)21-10-7-17(8-11-21)23-12-4-9-20/h3,5-6,13,15,17H,4,7-12,14,20H2,1-2H3. The molecule has 1 amide bonds. The SMILES string of the molecule is CC(C)c1cccc(OCC(=O)N2CCC(OCCCN)CC2)c1. The topological polar surface area (TPSA) is 64.8 Å². The fourth-order valence-corrected chi connectivity index (χ4v) is 2.81. The van der Waals surface area contributed by atoms with Crippen LogP contribution in [0.2, 0.25) is 0 Å². The van der Waals surface area contributed by atoms with Gasteiger partial charge in [0, 0.05) is 19.7 Å². The van der Waals surface area contributed by atoms with Crippen molar-refractivity contribution in [1.82, 2.24) is 4.90 Å². The molecule has 2 N–H and O–H groups in total. The van der Waals surface area contributed by atoms with Gasteiger partial charge in [-0.15, -0.1) is 0 Å². The van der Waals surface area contributed by atoms with Crippen molar-refractivity contribution in [1.29, 1.82) is 0 Å². The van der Waals surface area contributed by atoms with Crippen LogP contribution in [0.4, 0.5) is 0 Å². The van der Waals surface area contributed by atoms with E-state index in [1.807, 2.05) is 23.1 Å². The molecule has 0 radical (unpaired) electrons. The minimum Gasteiger partial charge on any atom is -0.484 e. The molecular formula is C19H30N2O3. The molecule has 134 valence electrons. The van der Waals surface area contributed by atoms with E-state index in [0.717, 1.165) is 38.1 Å². The predicted octanol–water partition coefficient (Wildman–Crippen LogP) is 2.55. The van der Waals surface area contributed by atoms with Crippen LogP contribution < -0.4 is 10.5 Å². The minimum absolute atomic E-state index is 0.0466. The van der Waals surface area contributed by atoms with Crippen LogP contribution in [-0.4, -0.2) is 49.8 Å². The number of nitrogens with two attached hydrogens (primary N) is 1. The molecule has 0 spiro atoms. The van der Waals surface area contributed by atoms with Gasteiger partial charge in [-0.1, -0.05) is 26.0 Å². The van der Waals surface area contributed by atoms with E-state index in [0.29, 0.717) is 19.1 Å². The van der Waals surface area contributed by atoms with Crippen LogP contribution in [0.25, 0.3) is 0 Å². The van der Waals surface area contributed by atoms with Crippen LogP contribution in [0.15, 0.2) is 24.3 Å². The monoisotopic (exact) mass is 334 g/mol. The third-order valence-corrected chi connectivity index (χ3v) is 4.38. The van der Waals surface area contributed by atoms with Crippen molar-refractivity contribution in [3.05, 3.63) is 29.8 Å². The molecule has 1 aliphatic rings. The number of amides is 1. The predicted molar refractivity (Wildman–Crippen MR) is 95.3 cm³/mol. The number of ether oxygens (including phenoxy) is 2. The fourth-order valence-electron chi connectivity index (χ4n) is 2.81. The maximum Gasteiger partial charge on any atom is 0.260 e.